The molecule has 0 aliphatic carbocycles. The lowest BCUT2D eigenvalue weighted by Gasteiger charge is -2.46. The zero-order valence-electron chi connectivity index (χ0n) is 19.4. The van der Waals surface area contributed by atoms with Crippen LogP contribution < -0.4 is 15.0 Å². The van der Waals surface area contributed by atoms with E-state index in [9.17, 15) is 14.7 Å². The van der Waals surface area contributed by atoms with Gasteiger partial charge in [0.1, 0.15) is 5.75 Å². The van der Waals surface area contributed by atoms with Crippen molar-refractivity contribution in [2.45, 2.75) is 39.9 Å². The normalized spacial score (nSPS) is 17.3. The third-order valence-corrected chi connectivity index (χ3v) is 5.87. The molecule has 1 aliphatic heterocycles. The summed E-state index contributed by atoms with van der Waals surface area (Å²) in [7, 11) is 3.09. The van der Waals surface area contributed by atoms with Crippen LogP contribution in [-0.4, -0.2) is 70.7 Å². The van der Waals surface area contributed by atoms with Gasteiger partial charge in [0, 0.05) is 31.7 Å². The van der Waals surface area contributed by atoms with Gasteiger partial charge in [0.2, 0.25) is 0 Å². The number of nitrogens with zero attached hydrogens (tertiary/aromatic N) is 4. The Labute approximate surface area is 188 Å². The van der Waals surface area contributed by atoms with Crippen LogP contribution in [0, 0.1) is 5.41 Å². The molecule has 9 nitrogen and oxygen atoms in total. The van der Waals surface area contributed by atoms with Crippen molar-refractivity contribution in [2.75, 3.05) is 33.9 Å². The summed E-state index contributed by atoms with van der Waals surface area (Å²) in [4.78, 5) is 28.3. The maximum atomic E-state index is 13.0. The van der Waals surface area contributed by atoms with Crippen LogP contribution in [-0.2, 0) is 13.1 Å². The fourth-order valence-corrected chi connectivity index (χ4v) is 4.05. The Bertz CT molecular complexity index is 997. The molecular weight excluding hydrogens is 412 g/mol. The largest absolute Gasteiger partial charge is 0.497 e. The van der Waals surface area contributed by atoms with E-state index in [1.54, 1.807) is 13.3 Å². The minimum Gasteiger partial charge on any atom is -0.497 e. The number of aromatic nitrogens is 2. The third-order valence-electron chi connectivity index (χ3n) is 5.87. The second-order valence-electron chi connectivity index (χ2n) is 9.11. The zero-order chi connectivity index (χ0) is 23.5. The number of benzene rings is 1. The molecule has 1 saturated heterocycles. The summed E-state index contributed by atoms with van der Waals surface area (Å²) in [5.41, 5.74) is 1.12. The van der Waals surface area contributed by atoms with E-state index in [1.165, 1.54) is 16.7 Å². The van der Waals surface area contributed by atoms with Crippen LogP contribution in [0.15, 0.2) is 35.3 Å². The second-order valence-corrected chi connectivity index (χ2v) is 9.11. The van der Waals surface area contributed by atoms with E-state index in [0.29, 0.717) is 38.3 Å². The third kappa shape index (κ3) is 5.21. The van der Waals surface area contributed by atoms with Crippen molar-refractivity contribution in [1.29, 1.82) is 0 Å². The van der Waals surface area contributed by atoms with Crippen LogP contribution in [0.25, 0.3) is 0 Å². The molecule has 3 rings (SSSR count). The molecule has 2 aromatic rings. The Morgan fingerprint density at radius 2 is 1.81 bits per heavy atom. The lowest BCUT2D eigenvalue weighted by atomic mass is 9.84. The van der Waals surface area contributed by atoms with Gasteiger partial charge in [-0.1, -0.05) is 32.9 Å². The van der Waals surface area contributed by atoms with Crippen molar-refractivity contribution >= 4 is 6.09 Å². The second kappa shape index (κ2) is 9.60. The topological polar surface area (TPSA) is 97.1 Å². The summed E-state index contributed by atoms with van der Waals surface area (Å²) < 4.78 is 12.0. The number of rotatable bonds is 6. The molecular formula is C23H32N4O5. The zero-order valence-corrected chi connectivity index (χ0v) is 19.4. The molecule has 1 aromatic carbocycles. The van der Waals surface area contributed by atoms with E-state index in [0.717, 1.165) is 11.3 Å². The highest BCUT2D eigenvalue weighted by atomic mass is 16.5. The van der Waals surface area contributed by atoms with Crippen molar-refractivity contribution in [3.8, 4) is 11.5 Å². The first-order valence-corrected chi connectivity index (χ1v) is 10.6. The predicted octanol–water partition coefficient (Wildman–Crippen LogP) is 2.52. The number of methoxy groups -OCH3 is 2. The Morgan fingerprint density at radius 1 is 1.12 bits per heavy atom. The van der Waals surface area contributed by atoms with Crippen molar-refractivity contribution in [3.63, 3.8) is 0 Å². The molecule has 1 amide bonds. The maximum Gasteiger partial charge on any atom is 0.407 e. The molecule has 0 saturated carbocycles. The van der Waals surface area contributed by atoms with Crippen LogP contribution in [0.3, 0.4) is 0 Å². The Balaban J connectivity index is 1.79. The monoisotopic (exact) mass is 444 g/mol. The molecule has 9 heteroatoms. The van der Waals surface area contributed by atoms with Crippen molar-refractivity contribution in [2.24, 2.45) is 5.41 Å². The highest BCUT2D eigenvalue weighted by Gasteiger charge is 2.38. The molecule has 0 spiro atoms. The summed E-state index contributed by atoms with van der Waals surface area (Å²) in [5, 5.41) is 13.9. The number of carboxylic acid groups (broad SMARTS) is 1. The van der Waals surface area contributed by atoms with Gasteiger partial charge >= 0.3 is 11.7 Å². The molecule has 1 N–H and O–H groups in total. The number of hydrogen-bond donors (Lipinski definition) is 1. The summed E-state index contributed by atoms with van der Waals surface area (Å²) in [6, 6.07) is 7.32. The summed E-state index contributed by atoms with van der Waals surface area (Å²) in [6.45, 7) is 8.49. The summed E-state index contributed by atoms with van der Waals surface area (Å²) >= 11 is 0. The molecule has 32 heavy (non-hydrogen) atoms. The first kappa shape index (κ1) is 23.6. The minimum absolute atomic E-state index is 0.150. The molecule has 174 valence electrons. The smallest absolute Gasteiger partial charge is 0.407 e. The van der Waals surface area contributed by atoms with E-state index in [-0.39, 0.29) is 22.8 Å². The average molecular weight is 445 g/mol. The quantitative estimate of drug-likeness (QED) is 0.731. The molecule has 1 atom stereocenters. The van der Waals surface area contributed by atoms with Crippen molar-refractivity contribution in [3.05, 3.63) is 51.9 Å². The van der Waals surface area contributed by atoms with E-state index in [4.69, 9.17) is 9.47 Å². The molecule has 0 bridgehead atoms. The highest BCUT2D eigenvalue weighted by Crippen LogP contribution is 2.29. The SMILES string of the molecule is COc1ccc(Cn2ncc(CN3CCN(C(=O)O)C(C(C)(C)C)C3)c(OC)c2=O)cc1. The fourth-order valence-electron chi connectivity index (χ4n) is 4.05. The minimum atomic E-state index is -0.898. The van der Waals surface area contributed by atoms with Crippen LogP contribution >= 0.6 is 0 Å². The molecule has 1 unspecified atom stereocenters. The van der Waals surface area contributed by atoms with E-state index in [1.807, 2.05) is 45.0 Å². The van der Waals surface area contributed by atoms with Gasteiger partial charge in [0.05, 0.1) is 33.0 Å². The Morgan fingerprint density at radius 3 is 2.38 bits per heavy atom. The molecule has 1 aromatic heterocycles. The van der Waals surface area contributed by atoms with Crippen LogP contribution in [0.5, 0.6) is 11.5 Å². The fraction of sp³-hybridized carbons (Fsp3) is 0.522. The van der Waals surface area contributed by atoms with Gasteiger partial charge < -0.3 is 19.5 Å². The Kier molecular flexibility index (Phi) is 7.08. The van der Waals surface area contributed by atoms with Crippen molar-refractivity contribution < 1.29 is 19.4 Å². The number of amides is 1. The lowest BCUT2D eigenvalue weighted by Crippen LogP contribution is -2.59. The molecule has 1 aliphatic rings. The maximum absolute atomic E-state index is 13.0. The standard InChI is InChI=1S/C23H32N4O5/c1-23(2,3)19-15-25(10-11-26(19)22(29)30)14-17-12-24-27(21(28)20(17)32-5)13-16-6-8-18(31-4)9-7-16/h6-9,12,19H,10-11,13-15H2,1-5H3,(H,29,30). The molecule has 2 heterocycles. The molecule has 1 fully saturated rings. The summed E-state index contributed by atoms with van der Waals surface area (Å²) in [5.74, 6) is 1.01. The van der Waals surface area contributed by atoms with Gasteiger partial charge in [0.15, 0.2) is 5.75 Å². The van der Waals surface area contributed by atoms with E-state index < -0.39 is 6.09 Å². The van der Waals surface area contributed by atoms with Gasteiger partial charge in [0.25, 0.3) is 0 Å². The van der Waals surface area contributed by atoms with Gasteiger partial charge in [-0.3, -0.25) is 9.69 Å². The number of ether oxygens (including phenoxy) is 2. The van der Waals surface area contributed by atoms with E-state index in [2.05, 4.69) is 10.00 Å². The first-order valence-electron chi connectivity index (χ1n) is 10.6. The van der Waals surface area contributed by atoms with Crippen molar-refractivity contribution in [1.82, 2.24) is 19.6 Å². The lowest BCUT2D eigenvalue weighted by molar-refractivity contribution is 0.0187. The number of piperazine rings is 1. The van der Waals surface area contributed by atoms with Gasteiger partial charge in [-0.2, -0.15) is 5.10 Å². The molecule has 0 radical (unpaired) electrons. The Hall–Kier alpha value is -3.07. The number of hydrogen-bond acceptors (Lipinski definition) is 6. The van der Waals surface area contributed by atoms with Crippen LogP contribution in [0.1, 0.15) is 31.9 Å². The average Bonchev–Trinajstić information content (AvgIpc) is 2.75. The predicted molar refractivity (Wildman–Crippen MR) is 120 cm³/mol. The summed E-state index contributed by atoms with van der Waals surface area (Å²) in [6.07, 6.45) is 0.768. The van der Waals surface area contributed by atoms with Gasteiger partial charge in [-0.25, -0.2) is 9.48 Å². The van der Waals surface area contributed by atoms with Gasteiger partial charge in [-0.05, 0) is 23.1 Å². The van der Waals surface area contributed by atoms with Crippen LogP contribution in [0.4, 0.5) is 4.79 Å². The first-order chi connectivity index (χ1) is 15.1. The number of carbonyl (C=O) groups is 1. The highest BCUT2D eigenvalue weighted by molar-refractivity contribution is 5.65. The van der Waals surface area contributed by atoms with Crippen LogP contribution in [0.2, 0.25) is 0 Å². The van der Waals surface area contributed by atoms with Gasteiger partial charge in [-0.15, -0.1) is 0 Å². The van der Waals surface area contributed by atoms with E-state index >= 15 is 0 Å².